The van der Waals surface area contributed by atoms with Gasteiger partial charge in [0.2, 0.25) is 5.91 Å². The van der Waals surface area contributed by atoms with Gasteiger partial charge in [0, 0.05) is 24.0 Å². The number of hydrogen-bond donors (Lipinski definition) is 2. The van der Waals surface area contributed by atoms with Gasteiger partial charge in [0.25, 0.3) is 0 Å². The molecule has 2 aromatic rings. The van der Waals surface area contributed by atoms with Crippen LogP contribution in [-0.4, -0.2) is 16.9 Å². The first-order chi connectivity index (χ1) is 9.16. The maximum atomic E-state index is 11.9. The molecular weight excluding hydrogens is 294 g/mol. The van der Waals surface area contributed by atoms with Crippen LogP contribution in [0.4, 0.5) is 0 Å². The number of aromatic nitrogens is 1. The molecule has 0 fully saturated rings. The molecule has 3 N–H and O–H groups in total. The molecule has 0 aliphatic rings. The number of carbonyl (C=O) groups excluding carboxylic acids is 1. The summed E-state index contributed by atoms with van der Waals surface area (Å²) in [4.78, 5) is 16.2. The molecule has 1 heterocycles. The summed E-state index contributed by atoms with van der Waals surface area (Å²) in [6.07, 6.45) is 2.06. The van der Waals surface area contributed by atoms with Gasteiger partial charge >= 0.3 is 0 Å². The Morgan fingerprint density at radius 2 is 2.10 bits per heavy atom. The predicted octanol–water partition coefficient (Wildman–Crippen LogP) is 2.51. The second kappa shape index (κ2) is 7.99. The van der Waals surface area contributed by atoms with Crippen molar-refractivity contribution in [3.05, 3.63) is 52.5 Å². The van der Waals surface area contributed by atoms with Crippen molar-refractivity contribution in [2.24, 2.45) is 5.73 Å². The fourth-order valence-electron chi connectivity index (χ4n) is 1.82. The van der Waals surface area contributed by atoms with E-state index in [-0.39, 0.29) is 30.4 Å². The summed E-state index contributed by atoms with van der Waals surface area (Å²) in [5.74, 6) is -0.0564. The Kier molecular flexibility index (Phi) is 6.64. The molecule has 4 nitrogen and oxygen atoms in total. The Morgan fingerprint density at radius 1 is 1.40 bits per heavy atom. The molecule has 1 aromatic carbocycles. The van der Waals surface area contributed by atoms with Crippen molar-refractivity contribution >= 4 is 29.7 Å². The summed E-state index contributed by atoms with van der Waals surface area (Å²) in [6, 6.07) is 9.48. The van der Waals surface area contributed by atoms with E-state index in [2.05, 4.69) is 10.3 Å². The molecule has 2 rings (SSSR count). The molecule has 0 bridgehead atoms. The molecule has 0 spiro atoms. The van der Waals surface area contributed by atoms with E-state index in [9.17, 15) is 4.79 Å². The number of carbonyl (C=O) groups is 1. The van der Waals surface area contributed by atoms with E-state index in [0.29, 0.717) is 6.42 Å². The third kappa shape index (κ3) is 4.59. The highest BCUT2D eigenvalue weighted by molar-refractivity contribution is 7.09. The van der Waals surface area contributed by atoms with Gasteiger partial charge in [0.15, 0.2) is 0 Å². The lowest BCUT2D eigenvalue weighted by molar-refractivity contribution is -0.121. The number of nitrogens with zero attached hydrogens (tertiary/aromatic N) is 1. The van der Waals surface area contributed by atoms with Gasteiger partial charge in [0.05, 0.1) is 0 Å². The smallest absolute Gasteiger partial charge is 0.222 e. The molecule has 20 heavy (non-hydrogen) atoms. The average Bonchev–Trinajstić information content (AvgIpc) is 2.90. The zero-order chi connectivity index (χ0) is 13.7. The molecule has 0 aliphatic carbocycles. The highest BCUT2D eigenvalue weighted by Gasteiger charge is 2.19. The highest BCUT2D eigenvalue weighted by atomic mass is 35.5. The summed E-state index contributed by atoms with van der Waals surface area (Å²) < 4.78 is 0. The lowest BCUT2D eigenvalue weighted by Gasteiger charge is -2.17. The molecule has 0 aliphatic heterocycles. The zero-order valence-electron chi connectivity index (χ0n) is 11.2. The Bertz CT molecular complexity index is 516. The number of rotatable bonds is 5. The van der Waals surface area contributed by atoms with Crippen LogP contribution in [0.1, 0.15) is 30.0 Å². The fraction of sp³-hybridized carbons (Fsp3) is 0.286. The molecule has 6 heteroatoms. The van der Waals surface area contributed by atoms with Crippen molar-refractivity contribution in [1.82, 2.24) is 10.3 Å². The summed E-state index contributed by atoms with van der Waals surface area (Å²) in [6.45, 7) is 1.82. The van der Waals surface area contributed by atoms with Crippen LogP contribution < -0.4 is 11.1 Å². The molecular formula is C14H18ClN3OS. The number of thiazole rings is 1. The Balaban J connectivity index is 0.00000200. The minimum Gasteiger partial charge on any atom is -0.343 e. The quantitative estimate of drug-likeness (QED) is 0.891. The van der Waals surface area contributed by atoms with E-state index in [4.69, 9.17) is 5.73 Å². The van der Waals surface area contributed by atoms with E-state index in [1.165, 1.54) is 11.3 Å². The summed E-state index contributed by atoms with van der Waals surface area (Å²) >= 11 is 1.53. The molecule has 108 valence electrons. The van der Waals surface area contributed by atoms with Gasteiger partial charge < -0.3 is 11.1 Å². The van der Waals surface area contributed by atoms with Crippen LogP contribution in [0.25, 0.3) is 0 Å². The first-order valence-electron chi connectivity index (χ1n) is 6.16. The van der Waals surface area contributed by atoms with Gasteiger partial charge in [-0.05, 0) is 12.5 Å². The lowest BCUT2D eigenvalue weighted by Crippen LogP contribution is -2.33. The number of nitrogens with one attached hydrogen (secondary N) is 1. The van der Waals surface area contributed by atoms with Gasteiger partial charge in [-0.25, -0.2) is 4.98 Å². The van der Waals surface area contributed by atoms with Gasteiger partial charge in [-0.3, -0.25) is 4.79 Å². The standard InChI is InChI=1S/C14H17N3OS.ClH/c1-10(15)9-12(18)17-13(14-16-7-8-19-14)11-5-3-2-4-6-11;/h2-8,10,13H,9,15H2,1H3,(H,17,18);1H. The normalized spacial score (nSPS) is 13.1. The molecule has 1 amide bonds. The van der Waals surface area contributed by atoms with Crippen LogP contribution in [0.2, 0.25) is 0 Å². The van der Waals surface area contributed by atoms with E-state index in [1.54, 1.807) is 6.20 Å². The fourth-order valence-corrected chi connectivity index (χ4v) is 2.54. The van der Waals surface area contributed by atoms with Crippen molar-refractivity contribution < 1.29 is 4.79 Å². The van der Waals surface area contributed by atoms with Gasteiger partial charge in [-0.15, -0.1) is 23.7 Å². The van der Waals surface area contributed by atoms with Crippen LogP contribution in [0.15, 0.2) is 41.9 Å². The van der Waals surface area contributed by atoms with E-state index in [1.807, 2.05) is 42.6 Å². The molecule has 2 unspecified atom stereocenters. The SMILES string of the molecule is CC(N)CC(=O)NC(c1ccccc1)c1nccs1.Cl. The van der Waals surface area contributed by atoms with Crippen LogP contribution in [0.3, 0.4) is 0 Å². The van der Waals surface area contributed by atoms with Crippen LogP contribution >= 0.6 is 23.7 Å². The number of hydrogen-bond acceptors (Lipinski definition) is 4. The third-order valence-corrected chi connectivity index (χ3v) is 3.48. The minimum absolute atomic E-state index is 0. The number of nitrogens with two attached hydrogens (primary N) is 1. The predicted molar refractivity (Wildman–Crippen MR) is 84.1 cm³/mol. The lowest BCUT2D eigenvalue weighted by atomic mass is 10.1. The third-order valence-electron chi connectivity index (χ3n) is 2.64. The summed E-state index contributed by atoms with van der Waals surface area (Å²) in [5.41, 5.74) is 6.68. The van der Waals surface area contributed by atoms with Crippen LogP contribution in [-0.2, 0) is 4.79 Å². The number of amides is 1. The molecule has 0 radical (unpaired) electrons. The molecule has 0 saturated heterocycles. The van der Waals surface area contributed by atoms with E-state index in [0.717, 1.165) is 10.6 Å². The highest BCUT2D eigenvalue weighted by Crippen LogP contribution is 2.23. The maximum absolute atomic E-state index is 11.9. The largest absolute Gasteiger partial charge is 0.343 e. The number of benzene rings is 1. The van der Waals surface area contributed by atoms with Gasteiger partial charge in [-0.1, -0.05) is 30.3 Å². The van der Waals surface area contributed by atoms with E-state index >= 15 is 0 Å². The van der Waals surface area contributed by atoms with E-state index < -0.39 is 0 Å². The average molecular weight is 312 g/mol. The minimum atomic E-state index is -0.201. The Morgan fingerprint density at radius 3 is 2.65 bits per heavy atom. The van der Waals surface area contributed by atoms with Crippen molar-refractivity contribution in [1.29, 1.82) is 0 Å². The van der Waals surface area contributed by atoms with Crippen molar-refractivity contribution in [2.45, 2.75) is 25.4 Å². The monoisotopic (exact) mass is 311 g/mol. The Hall–Kier alpha value is -1.43. The summed E-state index contributed by atoms with van der Waals surface area (Å²) in [7, 11) is 0. The zero-order valence-corrected chi connectivity index (χ0v) is 12.8. The van der Waals surface area contributed by atoms with Crippen LogP contribution in [0.5, 0.6) is 0 Å². The second-order valence-electron chi connectivity index (χ2n) is 4.46. The first kappa shape index (κ1) is 16.6. The van der Waals surface area contributed by atoms with Crippen LogP contribution in [0, 0.1) is 0 Å². The molecule has 2 atom stereocenters. The van der Waals surface area contributed by atoms with Crippen molar-refractivity contribution in [2.75, 3.05) is 0 Å². The van der Waals surface area contributed by atoms with Crippen molar-refractivity contribution in [3.8, 4) is 0 Å². The summed E-state index contributed by atoms with van der Waals surface area (Å²) in [5, 5.41) is 5.78. The molecule has 1 aromatic heterocycles. The van der Waals surface area contributed by atoms with Gasteiger partial charge in [0.1, 0.15) is 11.0 Å². The Labute approximate surface area is 128 Å². The van der Waals surface area contributed by atoms with Gasteiger partial charge in [-0.2, -0.15) is 0 Å². The molecule has 0 saturated carbocycles. The maximum Gasteiger partial charge on any atom is 0.222 e. The number of halogens is 1. The second-order valence-corrected chi connectivity index (χ2v) is 5.39. The topological polar surface area (TPSA) is 68.0 Å². The van der Waals surface area contributed by atoms with Crippen molar-refractivity contribution in [3.63, 3.8) is 0 Å². The first-order valence-corrected chi connectivity index (χ1v) is 7.04.